The first-order chi connectivity index (χ1) is 13.1. The second-order valence-corrected chi connectivity index (χ2v) is 9.60. The number of nitrogens with zero attached hydrogens (tertiary/aromatic N) is 1. The summed E-state index contributed by atoms with van der Waals surface area (Å²) >= 11 is 1.26. The Labute approximate surface area is 170 Å². The second-order valence-electron chi connectivity index (χ2n) is 6.95. The van der Waals surface area contributed by atoms with Crippen LogP contribution in [0.25, 0.3) is 5.57 Å². The largest absolute Gasteiger partial charge is 0.465 e. The van der Waals surface area contributed by atoms with Crippen molar-refractivity contribution >= 4 is 44.6 Å². The molecule has 9 heteroatoms. The fraction of sp³-hybridized carbons (Fsp3) is 0.579. The molecule has 0 atom stereocenters. The Hall–Kier alpha value is -1.71. The lowest BCUT2D eigenvalue weighted by molar-refractivity contribution is -0.119. The fourth-order valence-corrected chi connectivity index (χ4v) is 5.04. The Morgan fingerprint density at radius 2 is 1.89 bits per heavy atom. The quantitative estimate of drug-likeness (QED) is 0.486. The number of amides is 1. The number of anilines is 1. The van der Waals surface area contributed by atoms with Crippen molar-refractivity contribution in [3.05, 3.63) is 22.4 Å². The molecule has 0 aromatic carbocycles. The number of hydrogen-bond donors (Lipinski definition) is 0. The highest BCUT2D eigenvalue weighted by Gasteiger charge is 2.34. The van der Waals surface area contributed by atoms with E-state index in [0.29, 0.717) is 42.7 Å². The summed E-state index contributed by atoms with van der Waals surface area (Å²) in [5.74, 6) is -0.584. The van der Waals surface area contributed by atoms with Crippen LogP contribution in [-0.4, -0.2) is 45.8 Å². The molecule has 7 nitrogen and oxygen atoms in total. The lowest BCUT2D eigenvalue weighted by atomic mass is 9.91. The first kappa shape index (κ1) is 22.6. The van der Waals surface area contributed by atoms with Gasteiger partial charge < -0.3 is 9.64 Å². The van der Waals surface area contributed by atoms with Crippen LogP contribution >= 0.6 is 11.3 Å². The minimum Gasteiger partial charge on any atom is -0.465 e. The highest BCUT2D eigenvalue weighted by atomic mass is 32.2. The lowest BCUT2D eigenvalue weighted by Crippen LogP contribution is -2.44. The minimum atomic E-state index is -3.51. The summed E-state index contributed by atoms with van der Waals surface area (Å²) in [5.41, 5.74) is 1.34. The van der Waals surface area contributed by atoms with Crippen LogP contribution in [0.1, 0.15) is 60.5 Å². The molecule has 0 saturated heterocycles. The Morgan fingerprint density at radius 3 is 2.36 bits per heavy atom. The van der Waals surface area contributed by atoms with Gasteiger partial charge in [0, 0.05) is 17.3 Å². The maximum absolute atomic E-state index is 12.8. The van der Waals surface area contributed by atoms with E-state index in [1.165, 1.54) is 18.4 Å². The summed E-state index contributed by atoms with van der Waals surface area (Å²) in [6.45, 7) is 7.55. The molecule has 1 saturated carbocycles. The van der Waals surface area contributed by atoms with Crippen molar-refractivity contribution in [3.8, 4) is 0 Å². The van der Waals surface area contributed by atoms with Crippen molar-refractivity contribution in [2.75, 3.05) is 18.3 Å². The van der Waals surface area contributed by atoms with E-state index in [0.717, 1.165) is 16.7 Å². The zero-order valence-corrected chi connectivity index (χ0v) is 18.3. The smallest absolute Gasteiger partial charge is 0.350 e. The Kier molecular flexibility index (Phi) is 7.41. The molecule has 1 amide bonds. The standard InChI is InChI=1S/C19H27NO6S2/c1-6-17(21)20(13-7-9-14(10-8-13)26-28(5,23)24)15-11-16(12(2)3)27-18(15)19(22)25-4/h11,13-14H,2,6-10H2,1,3-5H3. The zero-order valence-electron chi connectivity index (χ0n) is 16.7. The van der Waals surface area contributed by atoms with E-state index < -0.39 is 16.1 Å². The SMILES string of the molecule is C=C(C)c1cc(N(C(=O)CC)C2CCC(OS(C)(=O)=O)CC2)c(C(=O)OC)s1. The third-order valence-electron chi connectivity index (χ3n) is 4.65. The zero-order chi connectivity index (χ0) is 21.1. The molecule has 1 aromatic heterocycles. The van der Waals surface area contributed by atoms with Gasteiger partial charge in [0.25, 0.3) is 10.1 Å². The van der Waals surface area contributed by atoms with E-state index in [1.807, 2.05) is 13.0 Å². The number of hydrogen-bond acceptors (Lipinski definition) is 7. The van der Waals surface area contributed by atoms with Gasteiger partial charge in [-0.2, -0.15) is 8.42 Å². The predicted molar refractivity (Wildman–Crippen MR) is 110 cm³/mol. The number of rotatable bonds is 7. The Morgan fingerprint density at radius 1 is 1.29 bits per heavy atom. The number of allylic oxidation sites excluding steroid dienone is 1. The van der Waals surface area contributed by atoms with Crippen LogP contribution in [0.3, 0.4) is 0 Å². The fourth-order valence-electron chi connectivity index (χ4n) is 3.36. The van der Waals surface area contributed by atoms with Gasteiger partial charge in [-0.25, -0.2) is 4.79 Å². The van der Waals surface area contributed by atoms with Crippen LogP contribution in [0, 0.1) is 0 Å². The summed E-state index contributed by atoms with van der Waals surface area (Å²) in [5, 5.41) is 0. The van der Waals surface area contributed by atoms with Gasteiger partial charge in [-0.15, -0.1) is 11.3 Å². The number of thiophene rings is 1. The summed E-state index contributed by atoms with van der Waals surface area (Å²) in [6.07, 6.45) is 3.18. The maximum Gasteiger partial charge on any atom is 0.350 e. The molecule has 1 aromatic rings. The molecule has 0 unspecified atom stereocenters. The molecule has 2 rings (SSSR count). The molecule has 0 bridgehead atoms. The van der Waals surface area contributed by atoms with Crippen molar-refractivity contribution in [2.45, 2.75) is 58.1 Å². The van der Waals surface area contributed by atoms with Gasteiger partial charge in [-0.3, -0.25) is 8.98 Å². The molecule has 0 spiro atoms. The van der Waals surface area contributed by atoms with E-state index in [-0.39, 0.29) is 18.1 Å². The molecule has 1 heterocycles. The Balaban J connectivity index is 2.34. The Bertz CT molecular complexity index is 850. The topological polar surface area (TPSA) is 90.0 Å². The third-order valence-corrected chi connectivity index (χ3v) is 6.54. The lowest BCUT2D eigenvalue weighted by Gasteiger charge is -2.36. The highest BCUT2D eigenvalue weighted by Crippen LogP contribution is 2.38. The van der Waals surface area contributed by atoms with Crippen molar-refractivity contribution < 1.29 is 26.9 Å². The molecule has 1 aliphatic carbocycles. The third kappa shape index (κ3) is 5.42. The van der Waals surface area contributed by atoms with E-state index in [9.17, 15) is 18.0 Å². The highest BCUT2D eigenvalue weighted by molar-refractivity contribution is 7.86. The monoisotopic (exact) mass is 429 g/mol. The molecular weight excluding hydrogens is 402 g/mol. The first-order valence-corrected chi connectivity index (χ1v) is 11.8. The van der Waals surface area contributed by atoms with Crippen LogP contribution < -0.4 is 4.90 Å². The maximum atomic E-state index is 12.8. The molecular formula is C19H27NO6S2. The number of esters is 1. The van der Waals surface area contributed by atoms with Crippen LogP contribution in [0.2, 0.25) is 0 Å². The number of methoxy groups -OCH3 is 1. The van der Waals surface area contributed by atoms with Gasteiger partial charge in [0.2, 0.25) is 5.91 Å². The van der Waals surface area contributed by atoms with Crippen LogP contribution in [0.5, 0.6) is 0 Å². The van der Waals surface area contributed by atoms with Crippen molar-refractivity contribution in [1.82, 2.24) is 0 Å². The normalized spacial score (nSPS) is 19.9. The first-order valence-electron chi connectivity index (χ1n) is 9.15. The van der Waals surface area contributed by atoms with Crippen LogP contribution in [0.4, 0.5) is 5.69 Å². The van der Waals surface area contributed by atoms with Crippen molar-refractivity contribution in [1.29, 1.82) is 0 Å². The van der Waals surface area contributed by atoms with Gasteiger partial charge in [0.05, 0.1) is 25.2 Å². The summed E-state index contributed by atoms with van der Waals surface area (Å²) in [6, 6.07) is 1.68. The molecule has 28 heavy (non-hydrogen) atoms. The van der Waals surface area contributed by atoms with E-state index in [1.54, 1.807) is 11.8 Å². The molecule has 0 N–H and O–H groups in total. The van der Waals surface area contributed by atoms with E-state index >= 15 is 0 Å². The summed E-state index contributed by atoms with van der Waals surface area (Å²) in [7, 11) is -2.20. The van der Waals surface area contributed by atoms with Crippen molar-refractivity contribution in [3.63, 3.8) is 0 Å². The van der Waals surface area contributed by atoms with Crippen molar-refractivity contribution in [2.24, 2.45) is 0 Å². The van der Waals surface area contributed by atoms with Gasteiger partial charge in [0.1, 0.15) is 4.88 Å². The van der Waals surface area contributed by atoms with Gasteiger partial charge in [0.15, 0.2) is 0 Å². The number of ether oxygens (including phenoxy) is 1. The molecule has 0 aliphatic heterocycles. The van der Waals surface area contributed by atoms with E-state index in [2.05, 4.69) is 6.58 Å². The van der Waals surface area contributed by atoms with Crippen LogP contribution in [-0.2, 0) is 23.8 Å². The number of carbonyl (C=O) groups excluding carboxylic acids is 2. The average molecular weight is 430 g/mol. The summed E-state index contributed by atoms with van der Waals surface area (Å²) in [4.78, 5) is 28.0. The molecule has 156 valence electrons. The second kappa shape index (κ2) is 9.19. The van der Waals surface area contributed by atoms with Crippen LogP contribution in [0.15, 0.2) is 12.6 Å². The average Bonchev–Trinajstić information content (AvgIpc) is 3.06. The van der Waals surface area contributed by atoms with E-state index in [4.69, 9.17) is 8.92 Å². The minimum absolute atomic E-state index is 0.0938. The number of carbonyl (C=O) groups is 2. The van der Waals surface area contributed by atoms with Gasteiger partial charge in [-0.1, -0.05) is 13.5 Å². The molecule has 1 fully saturated rings. The summed E-state index contributed by atoms with van der Waals surface area (Å²) < 4.78 is 32.7. The van der Waals surface area contributed by atoms with Gasteiger partial charge in [-0.05, 0) is 44.2 Å². The molecule has 0 radical (unpaired) electrons. The van der Waals surface area contributed by atoms with Gasteiger partial charge >= 0.3 is 5.97 Å². The predicted octanol–water partition coefficient (Wildman–Crippen LogP) is 3.60. The molecule has 1 aliphatic rings.